The first-order valence-corrected chi connectivity index (χ1v) is 6.13. The van der Waals surface area contributed by atoms with E-state index in [-0.39, 0.29) is 0 Å². The van der Waals surface area contributed by atoms with Crippen molar-refractivity contribution in [3.63, 3.8) is 0 Å². The molecule has 0 aliphatic rings. The molecule has 0 saturated carbocycles. The molecule has 0 radical (unpaired) electrons. The van der Waals surface area contributed by atoms with Crippen molar-refractivity contribution in [2.24, 2.45) is 5.73 Å². The van der Waals surface area contributed by atoms with Gasteiger partial charge in [-0.2, -0.15) is 0 Å². The summed E-state index contributed by atoms with van der Waals surface area (Å²) in [6, 6.07) is 10.3. The number of hydrogen-bond donors (Lipinski definition) is 1. The van der Waals surface area contributed by atoms with Crippen LogP contribution in [0.2, 0.25) is 0 Å². The van der Waals surface area contributed by atoms with Crippen molar-refractivity contribution >= 4 is 16.7 Å². The minimum atomic E-state index is 0.553. The number of pyridine rings is 1. The monoisotopic (exact) mass is 229 g/mol. The molecule has 0 saturated heterocycles. The summed E-state index contributed by atoms with van der Waals surface area (Å²) >= 11 is 0. The van der Waals surface area contributed by atoms with E-state index in [1.807, 2.05) is 18.2 Å². The minimum absolute atomic E-state index is 0.553. The van der Waals surface area contributed by atoms with Crippen molar-refractivity contribution < 1.29 is 0 Å². The number of fused-ring (bicyclic) bond motifs is 1. The van der Waals surface area contributed by atoms with Gasteiger partial charge in [-0.15, -0.1) is 0 Å². The van der Waals surface area contributed by atoms with Crippen LogP contribution in [0.1, 0.15) is 19.4 Å². The van der Waals surface area contributed by atoms with E-state index < -0.39 is 0 Å². The van der Waals surface area contributed by atoms with E-state index >= 15 is 0 Å². The number of aromatic nitrogens is 1. The van der Waals surface area contributed by atoms with Gasteiger partial charge in [-0.3, -0.25) is 0 Å². The maximum absolute atomic E-state index is 5.82. The first-order chi connectivity index (χ1) is 8.30. The number of benzene rings is 1. The molecule has 1 heterocycles. The van der Waals surface area contributed by atoms with Crippen molar-refractivity contribution in [3.8, 4) is 0 Å². The van der Waals surface area contributed by atoms with E-state index in [1.54, 1.807) is 0 Å². The lowest BCUT2D eigenvalue weighted by Crippen LogP contribution is -2.23. The third kappa shape index (κ3) is 2.24. The average molecular weight is 229 g/mol. The maximum atomic E-state index is 5.82. The lowest BCUT2D eigenvalue weighted by atomic mass is 10.1. The van der Waals surface area contributed by atoms with Crippen LogP contribution in [0.3, 0.4) is 0 Å². The number of nitrogens with zero attached hydrogens (tertiary/aromatic N) is 2. The van der Waals surface area contributed by atoms with E-state index in [4.69, 9.17) is 10.7 Å². The lowest BCUT2D eigenvalue weighted by Gasteiger charge is -2.21. The Bertz CT molecular complexity index is 504. The predicted molar refractivity (Wildman–Crippen MR) is 73.2 cm³/mol. The third-order valence-corrected chi connectivity index (χ3v) is 3.10. The molecule has 0 fully saturated rings. The summed E-state index contributed by atoms with van der Waals surface area (Å²) in [5.41, 5.74) is 8.01. The van der Waals surface area contributed by atoms with E-state index in [0.717, 1.165) is 35.4 Å². The van der Waals surface area contributed by atoms with Crippen LogP contribution < -0.4 is 10.6 Å². The average Bonchev–Trinajstić information content (AvgIpc) is 2.39. The topological polar surface area (TPSA) is 42.1 Å². The van der Waals surface area contributed by atoms with Crippen molar-refractivity contribution in [1.82, 2.24) is 4.98 Å². The quantitative estimate of drug-likeness (QED) is 0.876. The van der Waals surface area contributed by atoms with E-state index in [2.05, 4.69) is 30.9 Å². The molecule has 0 aliphatic carbocycles. The fourth-order valence-corrected chi connectivity index (χ4v) is 2.11. The Morgan fingerprint density at radius 3 is 2.53 bits per heavy atom. The molecule has 3 heteroatoms. The fourth-order valence-electron chi connectivity index (χ4n) is 2.11. The summed E-state index contributed by atoms with van der Waals surface area (Å²) in [6.45, 7) is 6.76. The zero-order chi connectivity index (χ0) is 12.3. The van der Waals surface area contributed by atoms with E-state index in [9.17, 15) is 0 Å². The smallest absolute Gasteiger partial charge is 0.129 e. The highest BCUT2D eigenvalue weighted by atomic mass is 15.2. The fraction of sp³-hybridized carbons (Fsp3) is 0.357. The lowest BCUT2D eigenvalue weighted by molar-refractivity contribution is 0.847. The van der Waals surface area contributed by atoms with Crippen LogP contribution in [0.25, 0.3) is 10.9 Å². The molecular formula is C14H19N3. The molecular weight excluding hydrogens is 210 g/mol. The Hall–Kier alpha value is -1.61. The van der Waals surface area contributed by atoms with E-state index in [0.29, 0.717) is 6.54 Å². The molecule has 90 valence electrons. The molecule has 0 spiro atoms. The van der Waals surface area contributed by atoms with Crippen LogP contribution in [0.4, 0.5) is 5.82 Å². The van der Waals surface area contributed by atoms with Crippen molar-refractivity contribution in [2.45, 2.75) is 20.4 Å². The van der Waals surface area contributed by atoms with Crippen LogP contribution in [0.15, 0.2) is 30.3 Å². The van der Waals surface area contributed by atoms with Gasteiger partial charge in [-0.05, 0) is 31.5 Å². The first-order valence-electron chi connectivity index (χ1n) is 6.13. The maximum Gasteiger partial charge on any atom is 0.129 e. The molecule has 1 aromatic heterocycles. The zero-order valence-electron chi connectivity index (χ0n) is 10.5. The Morgan fingerprint density at radius 1 is 1.18 bits per heavy atom. The Kier molecular flexibility index (Phi) is 3.59. The molecule has 2 N–H and O–H groups in total. The molecule has 0 amide bonds. The van der Waals surface area contributed by atoms with Gasteiger partial charge in [0.15, 0.2) is 0 Å². The van der Waals surface area contributed by atoms with Gasteiger partial charge >= 0.3 is 0 Å². The first kappa shape index (κ1) is 11.9. The summed E-state index contributed by atoms with van der Waals surface area (Å²) in [5, 5.41) is 1.16. The third-order valence-electron chi connectivity index (χ3n) is 3.10. The molecule has 0 unspecified atom stereocenters. The van der Waals surface area contributed by atoms with Crippen molar-refractivity contribution in [1.29, 1.82) is 0 Å². The molecule has 0 bridgehead atoms. The highest BCUT2D eigenvalue weighted by Gasteiger charge is 2.08. The SMILES string of the molecule is CCN(CC)c1cc(CN)c2ccccc2n1. The molecule has 17 heavy (non-hydrogen) atoms. The molecule has 0 atom stereocenters. The summed E-state index contributed by atoms with van der Waals surface area (Å²) in [5.74, 6) is 1.02. The minimum Gasteiger partial charge on any atom is -0.357 e. The van der Waals surface area contributed by atoms with Crippen molar-refractivity contribution in [3.05, 3.63) is 35.9 Å². The number of nitrogens with two attached hydrogens (primary N) is 1. The molecule has 2 aromatic rings. The molecule has 2 rings (SSSR count). The normalized spacial score (nSPS) is 10.8. The summed E-state index contributed by atoms with van der Waals surface area (Å²) in [6.07, 6.45) is 0. The Labute approximate surface area is 102 Å². The zero-order valence-corrected chi connectivity index (χ0v) is 10.5. The van der Waals surface area contributed by atoms with Crippen molar-refractivity contribution in [2.75, 3.05) is 18.0 Å². The van der Waals surface area contributed by atoms with Crippen LogP contribution in [0, 0.1) is 0 Å². The number of anilines is 1. The summed E-state index contributed by atoms with van der Waals surface area (Å²) in [4.78, 5) is 6.94. The van der Waals surface area contributed by atoms with Crippen LogP contribution in [-0.4, -0.2) is 18.1 Å². The highest BCUT2D eigenvalue weighted by molar-refractivity contribution is 5.84. The van der Waals surface area contributed by atoms with Gasteiger partial charge in [-0.25, -0.2) is 4.98 Å². The number of hydrogen-bond acceptors (Lipinski definition) is 3. The van der Waals surface area contributed by atoms with Crippen LogP contribution >= 0.6 is 0 Å². The Balaban J connectivity index is 2.59. The van der Waals surface area contributed by atoms with Gasteiger partial charge in [0, 0.05) is 25.0 Å². The van der Waals surface area contributed by atoms with Gasteiger partial charge in [0.1, 0.15) is 5.82 Å². The van der Waals surface area contributed by atoms with Gasteiger partial charge in [0.05, 0.1) is 5.52 Å². The van der Waals surface area contributed by atoms with Crippen LogP contribution in [0.5, 0.6) is 0 Å². The second-order valence-electron chi connectivity index (χ2n) is 4.03. The van der Waals surface area contributed by atoms with Gasteiger partial charge in [-0.1, -0.05) is 18.2 Å². The molecule has 0 aliphatic heterocycles. The predicted octanol–water partition coefficient (Wildman–Crippen LogP) is 2.54. The van der Waals surface area contributed by atoms with Gasteiger partial charge in [0.25, 0.3) is 0 Å². The summed E-state index contributed by atoms with van der Waals surface area (Å²) < 4.78 is 0. The summed E-state index contributed by atoms with van der Waals surface area (Å²) in [7, 11) is 0. The van der Waals surface area contributed by atoms with E-state index in [1.165, 1.54) is 0 Å². The molecule has 1 aromatic carbocycles. The standard InChI is InChI=1S/C14H19N3/c1-3-17(4-2)14-9-11(10-15)12-7-5-6-8-13(12)16-14/h5-9H,3-4,10,15H2,1-2H3. The number of rotatable bonds is 4. The second kappa shape index (κ2) is 5.15. The van der Waals surface area contributed by atoms with Crippen LogP contribution in [-0.2, 0) is 6.54 Å². The number of para-hydroxylation sites is 1. The van der Waals surface area contributed by atoms with Gasteiger partial charge < -0.3 is 10.6 Å². The van der Waals surface area contributed by atoms with Gasteiger partial charge in [0.2, 0.25) is 0 Å². The molecule has 3 nitrogen and oxygen atoms in total. The highest BCUT2D eigenvalue weighted by Crippen LogP contribution is 2.22. The Morgan fingerprint density at radius 2 is 1.88 bits per heavy atom. The largest absolute Gasteiger partial charge is 0.357 e. The second-order valence-corrected chi connectivity index (χ2v) is 4.03.